The first-order valence-electron chi connectivity index (χ1n) is 12.1. The minimum absolute atomic E-state index is 0.0853. The third-order valence-electron chi connectivity index (χ3n) is 5.81. The first-order chi connectivity index (χ1) is 16.1. The van der Waals surface area contributed by atoms with E-state index in [0.29, 0.717) is 24.8 Å². The van der Waals surface area contributed by atoms with Crippen molar-refractivity contribution in [2.24, 2.45) is 0 Å². The lowest BCUT2D eigenvalue weighted by atomic mass is 10.1. The third-order valence-corrected chi connectivity index (χ3v) is 6.68. The Bertz CT molecular complexity index is 1050. The van der Waals surface area contributed by atoms with Crippen LogP contribution in [0, 0.1) is 0 Å². The molecule has 1 aromatic carbocycles. The van der Waals surface area contributed by atoms with Gasteiger partial charge in [0.2, 0.25) is 5.91 Å². The molecule has 0 saturated carbocycles. The molecule has 0 unspecified atom stereocenters. The molecule has 1 aliphatic rings. The summed E-state index contributed by atoms with van der Waals surface area (Å²) in [5, 5.41) is 9.84. The second-order valence-electron chi connectivity index (χ2n) is 8.84. The van der Waals surface area contributed by atoms with Crippen molar-refractivity contribution in [2.45, 2.75) is 69.3 Å². The van der Waals surface area contributed by atoms with Gasteiger partial charge < -0.3 is 10.2 Å². The number of amides is 1. The molecule has 0 bridgehead atoms. The highest BCUT2D eigenvalue weighted by molar-refractivity contribution is 7.99. The van der Waals surface area contributed by atoms with E-state index in [1.165, 1.54) is 24.8 Å². The van der Waals surface area contributed by atoms with E-state index in [1.807, 2.05) is 29.1 Å². The third kappa shape index (κ3) is 6.47. The Balaban J connectivity index is 1.38. The number of fused-ring (bicyclic) bond motifs is 1. The number of anilines is 1. The highest BCUT2D eigenvalue weighted by atomic mass is 32.2. The number of thioether (sulfide) groups is 1. The fraction of sp³-hybridized carbons (Fsp3) is 0.520. The average molecular weight is 467 g/mol. The van der Waals surface area contributed by atoms with Crippen LogP contribution < -0.4 is 10.2 Å². The summed E-state index contributed by atoms with van der Waals surface area (Å²) < 4.78 is 1.90. The van der Waals surface area contributed by atoms with E-state index >= 15 is 0 Å². The molecule has 1 fully saturated rings. The summed E-state index contributed by atoms with van der Waals surface area (Å²) in [5.41, 5.74) is 2.12. The van der Waals surface area contributed by atoms with Gasteiger partial charge in [0.1, 0.15) is 5.82 Å². The van der Waals surface area contributed by atoms with E-state index in [9.17, 15) is 4.79 Å². The molecule has 0 spiro atoms. The topological polar surface area (TPSA) is 75.9 Å². The Morgan fingerprint density at radius 2 is 1.91 bits per heavy atom. The molecule has 3 heterocycles. The number of hydrogen-bond donors (Lipinski definition) is 1. The fourth-order valence-electron chi connectivity index (χ4n) is 4.18. The van der Waals surface area contributed by atoms with E-state index < -0.39 is 0 Å². The zero-order valence-corrected chi connectivity index (χ0v) is 20.5. The van der Waals surface area contributed by atoms with Gasteiger partial charge in [0.25, 0.3) is 0 Å². The van der Waals surface area contributed by atoms with Crippen LogP contribution in [-0.4, -0.2) is 50.5 Å². The number of nitrogens with zero attached hydrogens (tertiary/aromatic N) is 5. The highest BCUT2D eigenvalue weighted by Crippen LogP contribution is 2.30. The second-order valence-corrected chi connectivity index (χ2v) is 10.4. The molecule has 7 nitrogen and oxygen atoms in total. The summed E-state index contributed by atoms with van der Waals surface area (Å²) in [5.74, 6) is 1.08. The lowest BCUT2D eigenvalue weighted by molar-refractivity contribution is -0.121. The molecule has 1 N–H and O–H groups in total. The summed E-state index contributed by atoms with van der Waals surface area (Å²) in [6.07, 6.45) is 7.86. The van der Waals surface area contributed by atoms with E-state index in [0.717, 1.165) is 47.9 Å². The van der Waals surface area contributed by atoms with Gasteiger partial charge in [-0.2, -0.15) is 5.10 Å². The quantitative estimate of drug-likeness (QED) is 0.351. The molecule has 0 radical (unpaired) electrons. The summed E-state index contributed by atoms with van der Waals surface area (Å²) in [6, 6.07) is 10.3. The number of aryl methyl sites for hydroxylation is 1. The number of rotatable bonds is 10. The summed E-state index contributed by atoms with van der Waals surface area (Å²) in [7, 11) is 0. The van der Waals surface area contributed by atoms with Crippen LogP contribution in [0.4, 0.5) is 5.82 Å². The van der Waals surface area contributed by atoms with Crippen LogP contribution in [-0.2, 0) is 17.8 Å². The Kier molecular flexibility index (Phi) is 8.20. The van der Waals surface area contributed by atoms with E-state index in [1.54, 1.807) is 11.8 Å². The predicted octanol–water partition coefficient (Wildman–Crippen LogP) is 4.46. The normalized spacial score (nSPS) is 14.2. The molecule has 33 heavy (non-hydrogen) atoms. The lowest BCUT2D eigenvalue weighted by Crippen LogP contribution is -2.30. The largest absolute Gasteiger partial charge is 0.356 e. The standard InChI is InChI=1S/C25H34N6OS/c1-19(2)33-25-28-23(30-15-7-4-8-16-30)21-18-27-31(24(21)29-25)17-14-26-22(32)13-9-12-20-10-5-3-6-11-20/h3,5-6,10-11,18-19H,4,7-9,12-17H2,1-2H3,(H,26,32). The van der Waals surface area contributed by atoms with Gasteiger partial charge in [-0.3, -0.25) is 4.79 Å². The van der Waals surface area contributed by atoms with Crippen molar-refractivity contribution in [1.29, 1.82) is 0 Å². The number of benzene rings is 1. The maximum absolute atomic E-state index is 12.3. The van der Waals surface area contributed by atoms with Crippen molar-refractivity contribution in [3.8, 4) is 0 Å². The van der Waals surface area contributed by atoms with Gasteiger partial charge in [-0.25, -0.2) is 14.6 Å². The molecule has 2 aromatic heterocycles. The van der Waals surface area contributed by atoms with Crippen LogP contribution in [0.2, 0.25) is 0 Å². The Hall–Kier alpha value is -2.61. The second kappa shape index (κ2) is 11.5. The van der Waals surface area contributed by atoms with Gasteiger partial charge in [0.05, 0.1) is 18.1 Å². The molecule has 3 aromatic rings. The zero-order chi connectivity index (χ0) is 23.0. The van der Waals surface area contributed by atoms with Crippen molar-refractivity contribution in [3.63, 3.8) is 0 Å². The summed E-state index contributed by atoms with van der Waals surface area (Å²) >= 11 is 1.68. The molecule has 0 aliphatic carbocycles. The molecule has 4 rings (SSSR count). The van der Waals surface area contributed by atoms with Crippen molar-refractivity contribution < 1.29 is 4.79 Å². The number of nitrogens with one attached hydrogen (secondary N) is 1. The van der Waals surface area contributed by atoms with Gasteiger partial charge in [0.15, 0.2) is 10.8 Å². The van der Waals surface area contributed by atoms with Gasteiger partial charge in [-0.05, 0) is 37.7 Å². The molecule has 0 atom stereocenters. The minimum atomic E-state index is 0.0853. The van der Waals surface area contributed by atoms with Crippen LogP contribution in [0.25, 0.3) is 11.0 Å². The van der Waals surface area contributed by atoms with Crippen LogP contribution in [0.5, 0.6) is 0 Å². The van der Waals surface area contributed by atoms with Crippen LogP contribution >= 0.6 is 11.8 Å². The first kappa shape index (κ1) is 23.5. The number of aromatic nitrogens is 4. The van der Waals surface area contributed by atoms with Crippen molar-refractivity contribution >= 4 is 34.5 Å². The van der Waals surface area contributed by atoms with Crippen LogP contribution in [0.15, 0.2) is 41.7 Å². The fourth-order valence-corrected chi connectivity index (χ4v) is 4.88. The molecule has 1 aliphatic heterocycles. The molecular weight excluding hydrogens is 432 g/mol. The van der Waals surface area contributed by atoms with Crippen molar-refractivity contribution in [3.05, 3.63) is 42.1 Å². The lowest BCUT2D eigenvalue weighted by Gasteiger charge is -2.28. The number of piperidine rings is 1. The highest BCUT2D eigenvalue weighted by Gasteiger charge is 2.20. The molecular formula is C25H34N6OS. The maximum Gasteiger partial charge on any atom is 0.220 e. The van der Waals surface area contributed by atoms with Crippen LogP contribution in [0.3, 0.4) is 0 Å². The van der Waals surface area contributed by atoms with Gasteiger partial charge >= 0.3 is 0 Å². The Morgan fingerprint density at radius 3 is 2.67 bits per heavy atom. The average Bonchev–Trinajstić information content (AvgIpc) is 3.22. The van der Waals surface area contributed by atoms with Crippen LogP contribution in [0.1, 0.15) is 51.5 Å². The molecule has 176 valence electrons. The SMILES string of the molecule is CC(C)Sc1nc(N2CCCCC2)c2cnn(CCNC(=O)CCCc3ccccc3)c2n1. The Morgan fingerprint density at radius 1 is 1.12 bits per heavy atom. The molecule has 1 amide bonds. The van der Waals surface area contributed by atoms with E-state index in [2.05, 4.69) is 41.3 Å². The number of carbonyl (C=O) groups excluding carboxylic acids is 1. The monoisotopic (exact) mass is 466 g/mol. The Labute approximate surface area is 200 Å². The zero-order valence-electron chi connectivity index (χ0n) is 19.7. The first-order valence-corrected chi connectivity index (χ1v) is 12.9. The van der Waals surface area contributed by atoms with Gasteiger partial charge in [-0.1, -0.05) is 55.9 Å². The van der Waals surface area contributed by atoms with Crippen molar-refractivity contribution in [2.75, 3.05) is 24.5 Å². The molecule has 8 heteroatoms. The maximum atomic E-state index is 12.3. The predicted molar refractivity (Wildman–Crippen MR) is 135 cm³/mol. The molecule has 1 saturated heterocycles. The smallest absolute Gasteiger partial charge is 0.220 e. The number of carbonyl (C=O) groups is 1. The van der Waals surface area contributed by atoms with Crippen molar-refractivity contribution in [1.82, 2.24) is 25.1 Å². The summed E-state index contributed by atoms with van der Waals surface area (Å²) in [6.45, 7) is 7.50. The number of hydrogen-bond acceptors (Lipinski definition) is 6. The van der Waals surface area contributed by atoms with E-state index in [4.69, 9.17) is 9.97 Å². The van der Waals surface area contributed by atoms with E-state index in [-0.39, 0.29) is 5.91 Å². The van der Waals surface area contributed by atoms with Gasteiger partial charge in [-0.15, -0.1) is 0 Å². The minimum Gasteiger partial charge on any atom is -0.356 e. The van der Waals surface area contributed by atoms with Gasteiger partial charge in [0, 0.05) is 31.3 Å². The summed E-state index contributed by atoms with van der Waals surface area (Å²) in [4.78, 5) is 24.4.